The van der Waals surface area contributed by atoms with Crippen LogP contribution in [0.15, 0.2) is 66.7 Å². The predicted octanol–water partition coefficient (Wildman–Crippen LogP) is 5.64. The zero-order chi connectivity index (χ0) is 13.5. The van der Waals surface area contributed by atoms with Gasteiger partial charge < -0.3 is 4.98 Å². The summed E-state index contributed by atoms with van der Waals surface area (Å²) in [6, 6.07) is 22.8. The van der Waals surface area contributed by atoms with Gasteiger partial charge in [0.2, 0.25) is 0 Å². The highest BCUT2D eigenvalue weighted by Gasteiger charge is 2.06. The minimum atomic E-state index is 0.756. The molecule has 1 nitrogen and oxygen atoms in total. The molecule has 0 aliphatic heterocycles. The molecule has 96 valence electrons. The summed E-state index contributed by atoms with van der Waals surface area (Å²) in [6.07, 6.45) is 0. The Morgan fingerprint density at radius 2 is 1.65 bits per heavy atom. The van der Waals surface area contributed by atoms with Crippen LogP contribution < -0.4 is 0 Å². The molecule has 0 spiro atoms. The number of H-pyrrole nitrogens is 1. The summed E-state index contributed by atoms with van der Waals surface area (Å²) in [5.41, 5.74) is 3.36. The fraction of sp³-hybridized carbons (Fsp3) is 0. The van der Waals surface area contributed by atoms with Crippen LogP contribution >= 0.6 is 11.6 Å². The van der Waals surface area contributed by atoms with Gasteiger partial charge in [-0.1, -0.05) is 54.1 Å². The first-order chi connectivity index (χ1) is 9.81. The molecule has 0 unspecified atom stereocenters. The van der Waals surface area contributed by atoms with Crippen LogP contribution in [0.2, 0.25) is 5.02 Å². The molecule has 0 saturated carbocycles. The maximum atomic E-state index is 6.07. The summed E-state index contributed by atoms with van der Waals surface area (Å²) >= 11 is 6.07. The van der Waals surface area contributed by atoms with Gasteiger partial charge in [-0.3, -0.25) is 0 Å². The van der Waals surface area contributed by atoms with Crippen molar-refractivity contribution >= 4 is 33.3 Å². The van der Waals surface area contributed by atoms with Gasteiger partial charge in [-0.05, 0) is 40.6 Å². The second-order valence-electron chi connectivity index (χ2n) is 4.94. The SMILES string of the molecule is Clc1cccc(-c2cc3c(ccc4ccccc43)[nH]2)c1. The lowest BCUT2D eigenvalue weighted by molar-refractivity contribution is 1.45. The molecule has 0 fully saturated rings. The van der Waals surface area contributed by atoms with E-state index in [2.05, 4.69) is 53.5 Å². The van der Waals surface area contributed by atoms with E-state index in [9.17, 15) is 0 Å². The van der Waals surface area contributed by atoms with Crippen LogP contribution in [-0.4, -0.2) is 4.98 Å². The van der Waals surface area contributed by atoms with E-state index >= 15 is 0 Å². The molecule has 0 amide bonds. The number of fused-ring (bicyclic) bond motifs is 3. The third-order valence-electron chi connectivity index (χ3n) is 3.66. The maximum Gasteiger partial charge on any atom is 0.0465 e. The Balaban J connectivity index is 2.01. The van der Waals surface area contributed by atoms with Gasteiger partial charge in [-0.25, -0.2) is 0 Å². The quantitative estimate of drug-likeness (QED) is 0.463. The van der Waals surface area contributed by atoms with Gasteiger partial charge in [-0.2, -0.15) is 0 Å². The predicted molar refractivity (Wildman–Crippen MR) is 86.3 cm³/mol. The molecule has 0 bridgehead atoms. The van der Waals surface area contributed by atoms with E-state index in [0.717, 1.165) is 21.8 Å². The first-order valence-corrected chi connectivity index (χ1v) is 6.95. The van der Waals surface area contributed by atoms with Crippen LogP contribution in [0.3, 0.4) is 0 Å². The van der Waals surface area contributed by atoms with E-state index in [1.54, 1.807) is 0 Å². The fourth-order valence-corrected chi connectivity index (χ4v) is 2.89. The molecule has 3 aromatic carbocycles. The molecule has 4 aromatic rings. The van der Waals surface area contributed by atoms with Gasteiger partial charge >= 0.3 is 0 Å². The van der Waals surface area contributed by atoms with Gasteiger partial charge in [0.1, 0.15) is 0 Å². The second kappa shape index (κ2) is 4.39. The molecule has 1 heterocycles. The van der Waals surface area contributed by atoms with E-state index in [1.165, 1.54) is 16.2 Å². The molecule has 0 aliphatic rings. The molecular weight excluding hydrogens is 266 g/mol. The van der Waals surface area contributed by atoms with Crippen molar-refractivity contribution < 1.29 is 0 Å². The van der Waals surface area contributed by atoms with Gasteiger partial charge in [0.25, 0.3) is 0 Å². The first kappa shape index (κ1) is 11.6. The van der Waals surface area contributed by atoms with Crippen molar-refractivity contribution in [3.63, 3.8) is 0 Å². The number of hydrogen-bond donors (Lipinski definition) is 1. The second-order valence-corrected chi connectivity index (χ2v) is 5.38. The van der Waals surface area contributed by atoms with E-state index in [0.29, 0.717) is 0 Å². The van der Waals surface area contributed by atoms with Crippen molar-refractivity contribution in [2.75, 3.05) is 0 Å². The van der Waals surface area contributed by atoms with Crippen LogP contribution in [0.25, 0.3) is 32.9 Å². The lowest BCUT2D eigenvalue weighted by Crippen LogP contribution is -1.76. The third-order valence-corrected chi connectivity index (χ3v) is 3.90. The minimum Gasteiger partial charge on any atom is -0.355 e. The van der Waals surface area contributed by atoms with Crippen molar-refractivity contribution in [3.05, 3.63) is 71.8 Å². The van der Waals surface area contributed by atoms with E-state index in [-0.39, 0.29) is 0 Å². The minimum absolute atomic E-state index is 0.756. The normalized spacial score (nSPS) is 11.2. The van der Waals surface area contributed by atoms with Crippen molar-refractivity contribution in [1.29, 1.82) is 0 Å². The van der Waals surface area contributed by atoms with Crippen LogP contribution in [0, 0.1) is 0 Å². The summed E-state index contributed by atoms with van der Waals surface area (Å²) in [7, 11) is 0. The topological polar surface area (TPSA) is 15.8 Å². The molecule has 0 radical (unpaired) electrons. The number of aromatic amines is 1. The van der Waals surface area contributed by atoms with Gasteiger partial charge in [0.05, 0.1) is 0 Å². The van der Waals surface area contributed by atoms with Crippen LogP contribution in [0.5, 0.6) is 0 Å². The molecule has 1 N–H and O–H groups in total. The Kier molecular flexibility index (Phi) is 2.54. The van der Waals surface area contributed by atoms with Crippen molar-refractivity contribution in [2.45, 2.75) is 0 Å². The molecule has 20 heavy (non-hydrogen) atoms. The Morgan fingerprint density at radius 3 is 2.55 bits per heavy atom. The highest BCUT2D eigenvalue weighted by atomic mass is 35.5. The summed E-state index contributed by atoms with van der Waals surface area (Å²) in [4.78, 5) is 3.47. The maximum absolute atomic E-state index is 6.07. The Hall–Kier alpha value is -2.25. The molecule has 2 heteroatoms. The van der Waals surface area contributed by atoms with Crippen LogP contribution in [0.1, 0.15) is 0 Å². The Morgan fingerprint density at radius 1 is 0.750 bits per heavy atom. The Bertz CT molecular complexity index is 921. The van der Waals surface area contributed by atoms with E-state index < -0.39 is 0 Å². The number of hydrogen-bond acceptors (Lipinski definition) is 0. The number of rotatable bonds is 1. The summed E-state index contributed by atoms with van der Waals surface area (Å²) in [6.45, 7) is 0. The smallest absolute Gasteiger partial charge is 0.0465 e. The van der Waals surface area contributed by atoms with Gasteiger partial charge in [-0.15, -0.1) is 0 Å². The molecule has 0 atom stereocenters. The van der Waals surface area contributed by atoms with Crippen molar-refractivity contribution in [1.82, 2.24) is 4.98 Å². The zero-order valence-electron chi connectivity index (χ0n) is 10.7. The molecule has 1 aromatic heterocycles. The molecular formula is C18H12ClN. The van der Waals surface area contributed by atoms with E-state index in [4.69, 9.17) is 11.6 Å². The molecule has 0 saturated heterocycles. The largest absolute Gasteiger partial charge is 0.355 e. The van der Waals surface area contributed by atoms with Gasteiger partial charge in [0.15, 0.2) is 0 Å². The van der Waals surface area contributed by atoms with Crippen molar-refractivity contribution in [3.8, 4) is 11.3 Å². The highest BCUT2D eigenvalue weighted by molar-refractivity contribution is 6.30. The number of nitrogens with one attached hydrogen (secondary N) is 1. The number of benzene rings is 3. The fourth-order valence-electron chi connectivity index (χ4n) is 2.70. The first-order valence-electron chi connectivity index (χ1n) is 6.58. The number of halogens is 1. The lowest BCUT2D eigenvalue weighted by atomic mass is 10.1. The number of aromatic nitrogens is 1. The average molecular weight is 278 g/mol. The summed E-state index contributed by atoms with van der Waals surface area (Å²) in [5.74, 6) is 0. The van der Waals surface area contributed by atoms with Crippen LogP contribution in [0.4, 0.5) is 0 Å². The van der Waals surface area contributed by atoms with E-state index in [1.807, 2.05) is 18.2 Å². The van der Waals surface area contributed by atoms with Gasteiger partial charge in [0, 0.05) is 21.6 Å². The lowest BCUT2D eigenvalue weighted by Gasteiger charge is -1.97. The average Bonchev–Trinajstić information content (AvgIpc) is 2.92. The summed E-state index contributed by atoms with van der Waals surface area (Å²) < 4.78 is 0. The van der Waals surface area contributed by atoms with Crippen molar-refractivity contribution in [2.24, 2.45) is 0 Å². The third kappa shape index (κ3) is 1.79. The standard InChI is InChI=1S/C18H12ClN/c19-14-6-3-5-13(10-14)18-11-16-15-7-2-1-4-12(15)8-9-17(16)20-18/h1-11,20H. The molecule has 4 rings (SSSR count). The Labute approximate surface area is 121 Å². The summed E-state index contributed by atoms with van der Waals surface area (Å²) in [5, 5.41) is 4.54. The highest BCUT2D eigenvalue weighted by Crippen LogP contribution is 2.30. The zero-order valence-corrected chi connectivity index (χ0v) is 11.5. The monoisotopic (exact) mass is 277 g/mol. The van der Waals surface area contributed by atoms with Crippen LogP contribution in [-0.2, 0) is 0 Å². The molecule has 0 aliphatic carbocycles.